The summed E-state index contributed by atoms with van der Waals surface area (Å²) in [4.78, 5) is 0. The van der Waals surface area contributed by atoms with Crippen molar-refractivity contribution in [2.45, 2.75) is 12.2 Å². The Kier molecular flexibility index (Phi) is 6.50. The quantitative estimate of drug-likeness (QED) is 0.793. The first-order valence-corrected chi connectivity index (χ1v) is 9.28. The van der Waals surface area contributed by atoms with Gasteiger partial charge in [0.1, 0.15) is 0 Å². The van der Waals surface area contributed by atoms with E-state index in [1.165, 1.54) is 4.31 Å². The highest BCUT2D eigenvalue weighted by molar-refractivity contribution is 7.88. The van der Waals surface area contributed by atoms with Gasteiger partial charge in [-0.2, -0.15) is 9.57 Å². The van der Waals surface area contributed by atoms with Crippen LogP contribution in [0.15, 0.2) is 54.6 Å². The van der Waals surface area contributed by atoms with Crippen molar-refractivity contribution >= 4 is 10.0 Å². The first kappa shape index (κ1) is 18.1. The highest BCUT2D eigenvalue weighted by atomic mass is 32.2. The third-order valence-electron chi connectivity index (χ3n) is 3.64. The molecule has 0 heterocycles. The first-order valence-electron chi connectivity index (χ1n) is 7.67. The summed E-state index contributed by atoms with van der Waals surface area (Å²) in [7, 11) is -3.57. The Balaban J connectivity index is 2.11. The minimum atomic E-state index is -3.57. The molecule has 24 heavy (non-hydrogen) atoms. The lowest BCUT2D eigenvalue weighted by atomic mass is 10.1. The summed E-state index contributed by atoms with van der Waals surface area (Å²) in [6.45, 7) is 0.143. The maximum Gasteiger partial charge on any atom is 0.218 e. The predicted molar refractivity (Wildman–Crippen MR) is 92.6 cm³/mol. The first-order chi connectivity index (χ1) is 11.5. The Hall–Kier alpha value is -2.20. The fourth-order valence-corrected chi connectivity index (χ4v) is 3.95. The number of aliphatic hydroxyl groups is 1. The SMILES string of the molecule is N#Cc1cccc(CS(=O)(=O)N(CCO)CCc2ccccc2)c1. The molecule has 6 heteroatoms. The van der Waals surface area contributed by atoms with E-state index in [0.717, 1.165) is 5.56 Å². The van der Waals surface area contributed by atoms with E-state index in [-0.39, 0.29) is 18.9 Å². The second kappa shape index (κ2) is 8.60. The van der Waals surface area contributed by atoms with Gasteiger partial charge >= 0.3 is 0 Å². The van der Waals surface area contributed by atoms with Gasteiger partial charge in [-0.1, -0.05) is 42.5 Å². The molecule has 0 amide bonds. The second-order valence-electron chi connectivity index (χ2n) is 5.43. The number of sulfonamides is 1. The predicted octanol–water partition coefficient (Wildman–Crippen LogP) is 1.93. The standard InChI is InChI=1S/C18H20N2O3S/c19-14-17-7-4-8-18(13-17)15-24(22,23)20(11-12-21)10-9-16-5-2-1-3-6-16/h1-8,13,21H,9-12,15H2. The van der Waals surface area contributed by atoms with Crippen LogP contribution in [0.5, 0.6) is 0 Å². The smallest absolute Gasteiger partial charge is 0.218 e. The van der Waals surface area contributed by atoms with Gasteiger partial charge < -0.3 is 5.11 Å². The number of aliphatic hydroxyl groups excluding tert-OH is 1. The molecule has 2 aromatic rings. The van der Waals surface area contributed by atoms with Crippen LogP contribution in [0.2, 0.25) is 0 Å². The third kappa shape index (κ3) is 5.17. The van der Waals surface area contributed by atoms with Crippen LogP contribution in [0, 0.1) is 11.3 Å². The van der Waals surface area contributed by atoms with Crippen molar-refractivity contribution in [3.05, 3.63) is 71.3 Å². The zero-order valence-electron chi connectivity index (χ0n) is 13.3. The van der Waals surface area contributed by atoms with Crippen LogP contribution >= 0.6 is 0 Å². The summed E-state index contributed by atoms with van der Waals surface area (Å²) in [6.07, 6.45) is 0.582. The van der Waals surface area contributed by atoms with Crippen molar-refractivity contribution in [2.75, 3.05) is 19.7 Å². The highest BCUT2D eigenvalue weighted by Gasteiger charge is 2.22. The van der Waals surface area contributed by atoms with Crippen LogP contribution in [0.1, 0.15) is 16.7 Å². The molecular formula is C18H20N2O3S. The lowest BCUT2D eigenvalue weighted by Crippen LogP contribution is -2.36. The van der Waals surface area contributed by atoms with Gasteiger partial charge in [0.2, 0.25) is 10.0 Å². The van der Waals surface area contributed by atoms with Gasteiger partial charge in [-0.25, -0.2) is 8.42 Å². The van der Waals surface area contributed by atoms with Crippen LogP contribution in [-0.2, 0) is 22.2 Å². The zero-order chi connectivity index (χ0) is 17.4. The van der Waals surface area contributed by atoms with Crippen molar-refractivity contribution < 1.29 is 13.5 Å². The monoisotopic (exact) mass is 344 g/mol. The molecule has 1 N–H and O–H groups in total. The van der Waals surface area contributed by atoms with E-state index in [2.05, 4.69) is 0 Å². The Labute approximate surface area is 142 Å². The van der Waals surface area contributed by atoms with Crippen molar-refractivity contribution in [1.82, 2.24) is 4.31 Å². The Morgan fingerprint density at radius 1 is 1.00 bits per heavy atom. The second-order valence-corrected chi connectivity index (χ2v) is 7.40. The van der Waals surface area contributed by atoms with Crippen LogP contribution in [0.25, 0.3) is 0 Å². The van der Waals surface area contributed by atoms with Crippen LogP contribution < -0.4 is 0 Å². The lowest BCUT2D eigenvalue weighted by molar-refractivity contribution is 0.254. The Morgan fingerprint density at radius 3 is 2.38 bits per heavy atom. The number of hydrogen-bond acceptors (Lipinski definition) is 4. The molecule has 0 saturated carbocycles. The summed E-state index contributed by atoms with van der Waals surface area (Å²) in [6, 6.07) is 18.2. The van der Waals surface area contributed by atoms with Crippen molar-refractivity contribution in [2.24, 2.45) is 0 Å². The molecule has 2 aromatic carbocycles. The molecule has 0 aliphatic rings. The molecule has 0 aliphatic carbocycles. The van der Waals surface area contributed by atoms with Crippen molar-refractivity contribution in [1.29, 1.82) is 5.26 Å². The number of hydrogen-bond donors (Lipinski definition) is 1. The molecule has 0 aliphatic heterocycles. The molecule has 2 rings (SSSR count). The normalized spacial score (nSPS) is 11.4. The van der Waals surface area contributed by atoms with Gasteiger partial charge in [-0.05, 0) is 29.7 Å². The van der Waals surface area contributed by atoms with E-state index >= 15 is 0 Å². The summed E-state index contributed by atoms with van der Waals surface area (Å²) >= 11 is 0. The summed E-state index contributed by atoms with van der Waals surface area (Å²) < 4.78 is 26.6. The van der Waals surface area contributed by atoms with Crippen molar-refractivity contribution in [3.8, 4) is 6.07 Å². The molecule has 126 valence electrons. The fraction of sp³-hybridized carbons (Fsp3) is 0.278. The van der Waals surface area contributed by atoms with Gasteiger partial charge in [0, 0.05) is 13.1 Å². The van der Waals surface area contributed by atoms with Gasteiger partial charge in [0.05, 0.1) is 24.0 Å². The summed E-state index contributed by atoms with van der Waals surface area (Å²) in [5.74, 6) is -0.183. The van der Waals surface area contributed by atoms with Gasteiger partial charge in [0.15, 0.2) is 0 Å². The maximum absolute atomic E-state index is 12.6. The fourth-order valence-electron chi connectivity index (χ4n) is 2.43. The van der Waals surface area contributed by atoms with E-state index in [0.29, 0.717) is 24.1 Å². The zero-order valence-corrected chi connectivity index (χ0v) is 14.1. The molecule has 0 unspecified atom stereocenters. The number of rotatable bonds is 8. The van der Waals surface area contributed by atoms with E-state index in [1.54, 1.807) is 24.3 Å². The molecule has 0 bridgehead atoms. The van der Waals surface area contributed by atoms with E-state index in [9.17, 15) is 13.5 Å². The van der Waals surface area contributed by atoms with E-state index in [4.69, 9.17) is 5.26 Å². The molecular weight excluding hydrogens is 324 g/mol. The number of benzene rings is 2. The van der Waals surface area contributed by atoms with E-state index in [1.807, 2.05) is 36.4 Å². The Morgan fingerprint density at radius 2 is 1.71 bits per heavy atom. The number of nitriles is 1. The molecule has 0 atom stereocenters. The van der Waals surface area contributed by atoms with Crippen LogP contribution in [0.3, 0.4) is 0 Å². The average molecular weight is 344 g/mol. The minimum absolute atomic E-state index is 0.0626. The van der Waals surface area contributed by atoms with Crippen LogP contribution in [0.4, 0.5) is 0 Å². The van der Waals surface area contributed by atoms with Gasteiger partial charge in [-0.15, -0.1) is 0 Å². The third-order valence-corrected chi connectivity index (χ3v) is 5.49. The highest BCUT2D eigenvalue weighted by Crippen LogP contribution is 2.13. The van der Waals surface area contributed by atoms with E-state index < -0.39 is 10.0 Å². The van der Waals surface area contributed by atoms with Gasteiger partial charge in [-0.3, -0.25) is 0 Å². The van der Waals surface area contributed by atoms with Crippen LogP contribution in [-0.4, -0.2) is 37.5 Å². The minimum Gasteiger partial charge on any atom is -0.395 e. The molecule has 0 spiro atoms. The van der Waals surface area contributed by atoms with Crippen molar-refractivity contribution in [3.63, 3.8) is 0 Å². The number of nitrogens with zero attached hydrogens (tertiary/aromatic N) is 2. The molecule has 0 radical (unpaired) electrons. The topological polar surface area (TPSA) is 81.4 Å². The maximum atomic E-state index is 12.6. The summed E-state index contributed by atoms with van der Waals surface area (Å²) in [5, 5.41) is 18.1. The summed E-state index contributed by atoms with van der Waals surface area (Å²) in [5.41, 5.74) is 2.04. The molecule has 0 saturated heterocycles. The molecule has 5 nitrogen and oxygen atoms in total. The molecule has 0 aromatic heterocycles. The lowest BCUT2D eigenvalue weighted by Gasteiger charge is -2.21. The van der Waals surface area contributed by atoms with Gasteiger partial charge in [0.25, 0.3) is 0 Å². The molecule has 0 fully saturated rings. The Bertz CT molecular complexity index is 799. The average Bonchev–Trinajstić information content (AvgIpc) is 2.59. The largest absolute Gasteiger partial charge is 0.395 e.